The minimum atomic E-state index is 0.804. The SMILES string of the molecule is CCCNC1CCC(CC2Cc3ccccc3S2)C1. The number of rotatable bonds is 5. The third-order valence-electron chi connectivity index (χ3n) is 4.53. The Labute approximate surface area is 121 Å². The minimum absolute atomic E-state index is 0.804. The van der Waals surface area contributed by atoms with Gasteiger partial charge < -0.3 is 5.32 Å². The van der Waals surface area contributed by atoms with Crippen LogP contribution in [0.3, 0.4) is 0 Å². The van der Waals surface area contributed by atoms with Gasteiger partial charge in [-0.15, -0.1) is 11.8 Å². The van der Waals surface area contributed by atoms with Crippen LogP contribution in [0.2, 0.25) is 0 Å². The van der Waals surface area contributed by atoms with Crippen molar-refractivity contribution in [2.45, 2.75) is 61.6 Å². The van der Waals surface area contributed by atoms with Crippen molar-refractivity contribution in [2.75, 3.05) is 6.54 Å². The highest BCUT2D eigenvalue weighted by Gasteiger charge is 2.29. The maximum absolute atomic E-state index is 3.70. The van der Waals surface area contributed by atoms with Crippen molar-refractivity contribution >= 4 is 11.8 Å². The second-order valence-electron chi connectivity index (χ2n) is 6.12. The Kier molecular flexibility index (Phi) is 4.49. The summed E-state index contributed by atoms with van der Waals surface area (Å²) in [5.41, 5.74) is 1.58. The summed E-state index contributed by atoms with van der Waals surface area (Å²) in [7, 11) is 0. The fourth-order valence-electron chi connectivity index (χ4n) is 3.58. The van der Waals surface area contributed by atoms with E-state index in [1.54, 1.807) is 5.56 Å². The smallest absolute Gasteiger partial charge is 0.0138 e. The van der Waals surface area contributed by atoms with Crippen molar-refractivity contribution in [3.05, 3.63) is 29.8 Å². The van der Waals surface area contributed by atoms with Crippen molar-refractivity contribution in [3.63, 3.8) is 0 Å². The molecule has 0 saturated heterocycles. The Morgan fingerprint density at radius 2 is 2.16 bits per heavy atom. The summed E-state index contributed by atoms with van der Waals surface area (Å²) >= 11 is 2.12. The van der Waals surface area contributed by atoms with Gasteiger partial charge in [-0.3, -0.25) is 0 Å². The first kappa shape index (κ1) is 13.5. The lowest BCUT2D eigenvalue weighted by Crippen LogP contribution is -2.27. The quantitative estimate of drug-likeness (QED) is 0.861. The van der Waals surface area contributed by atoms with E-state index in [-0.39, 0.29) is 0 Å². The number of fused-ring (bicyclic) bond motifs is 1. The molecule has 1 aromatic rings. The second-order valence-corrected chi connectivity index (χ2v) is 7.46. The number of hydrogen-bond acceptors (Lipinski definition) is 2. The van der Waals surface area contributed by atoms with Gasteiger partial charge in [-0.05, 0) is 62.6 Å². The molecule has 1 heterocycles. The molecule has 1 aliphatic heterocycles. The van der Waals surface area contributed by atoms with Gasteiger partial charge in [-0.2, -0.15) is 0 Å². The van der Waals surface area contributed by atoms with Crippen LogP contribution in [0.1, 0.15) is 44.6 Å². The van der Waals surface area contributed by atoms with Crippen LogP contribution in [0, 0.1) is 5.92 Å². The van der Waals surface area contributed by atoms with Crippen molar-refractivity contribution < 1.29 is 0 Å². The van der Waals surface area contributed by atoms with E-state index in [1.807, 2.05) is 0 Å². The van der Waals surface area contributed by atoms with Gasteiger partial charge in [0.25, 0.3) is 0 Å². The van der Waals surface area contributed by atoms with E-state index in [4.69, 9.17) is 0 Å². The van der Waals surface area contributed by atoms with Gasteiger partial charge in [0.05, 0.1) is 0 Å². The Morgan fingerprint density at radius 3 is 3.00 bits per heavy atom. The third kappa shape index (κ3) is 3.35. The van der Waals surface area contributed by atoms with Crippen molar-refractivity contribution in [2.24, 2.45) is 5.92 Å². The lowest BCUT2D eigenvalue weighted by Gasteiger charge is -2.15. The Morgan fingerprint density at radius 1 is 1.26 bits per heavy atom. The maximum Gasteiger partial charge on any atom is 0.0138 e. The molecule has 0 aromatic heterocycles. The molecule has 3 unspecified atom stereocenters. The molecular formula is C17H25NS. The first-order valence-corrected chi connectivity index (χ1v) is 8.71. The number of benzene rings is 1. The predicted molar refractivity (Wildman–Crippen MR) is 83.8 cm³/mol. The number of thioether (sulfide) groups is 1. The standard InChI is InChI=1S/C17H25NS/c1-2-9-18-15-8-7-13(10-15)11-16-12-14-5-3-4-6-17(14)19-16/h3-6,13,15-16,18H,2,7-12H2,1H3. The first-order chi connectivity index (χ1) is 9.35. The van der Waals surface area contributed by atoms with Crippen molar-refractivity contribution in [3.8, 4) is 0 Å². The van der Waals surface area contributed by atoms with Crippen LogP contribution in [0.5, 0.6) is 0 Å². The van der Waals surface area contributed by atoms with E-state index in [0.29, 0.717) is 0 Å². The largest absolute Gasteiger partial charge is 0.314 e. The molecule has 0 spiro atoms. The first-order valence-electron chi connectivity index (χ1n) is 7.83. The van der Waals surface area contributed by atoms with Gasteiger partial charge in [0.2, 0.25) is 0 Å². The second kappa shape index (κ2) is 6.32. The third-order valence-corrected chi connectivity index (χ3v) is 5.88. The average Bonchev–Trinajstić information content (AvgIpc) is 3.02. The van der Waals surface area contributed by atoms with Crippen LogP contribution < -0.4 is 5.32 Å². The normalized spacial score (nSPS) is 29.6. The molecule has 2 aliphatic rings. The van der Waals surface area contributed by atoms with Crippen LogP contribution >= 0.6 is 11.8 Å². The highest BCUT2D eigenvalue weighted by molar-refractivity contribution is 8.00. The molecule has 1 aromatic carbocycles. The maximum atomic E-state index is 3.70. The molecular weight excluding hydrogens is 250 g/mol. The molecule has 2 heteroatoms. The Balaban J connectivity index is 1.47. The van der Waals surface area contributed by atoms with E-state index in [2.05, 4.69) is 48.3 Å². The summed E-state index contributed by atoms with van der Waals surface area (Å²) in [4.78, 5) is 1.53. The molecule has 1 N–H and O–H groups in total. The Hall–Kier alpha value is -0.470. The van der Waals surface area contributed by atoms with E-state index in [0.717, 1.165) is 17.2 Å². The molecule has 3 atom stereocenters. The highest BCUT2D eigenvalue weighted by atomic mass is 32.2. The zero-order valence-electron chi connectivity index (χ0n) is 11.9. The zero-order valence-corrected chi connectivity index (χ0v) is 12.7. The van der Waals surface area contributed by atoms with E-state index in [9.17, 15) is 0 Å². The lowest BCUT2D eigenvalue weighted by molar-refractivity contribution is 0.459. The van der Waals surface area contributed by atoms with E-state index in [1.165, 1.54) is 50.0 Å². The molecule has 1 nitrogen and oxygen atoms in total. The fourth-order valence-corrected chi connectivity index (χ4v) is 5.03. The van der Waals surface area contributed by atoms with Gasteiger partial charge in [0.15, 0.2) is 0 Å². The Bertz CT molecular complexity index is 392. The molecule has 3 rings (SSSR count). The lowest BCUT2D eigenvalue weighted by atomic mass is 9.98. The predicted octanol–water partition coefficient (Wildman–Crippen LogP) is 4.26. The molecule has 1 fully saturated rings. The van der Waals surface area contributed by atoms with Gasteiger partial charge in [-0.1, -0.05) is 25.1 Å². The zero-order chi connectivity index (χ0) is 13.1. The molecule has 0 bridgehead atoms. The average molecular weight is 275 g/mol. The van der Waals surface area contributed by atoms with E-state index < -0.39 is 0 Å². The molecule has 104 valence electrons. The van der Waals surface area contributed by atoms with Gasteiger partial charge in [0, 0.05) is 16.2 Å². The van der Waals surface area contributed by atoms with Gasteiger partial charge in [-0.25, -0.2) is 0 Å². The van der Waals surface area contributed by atoms with Crippen LogP contribution in [0.15, 0.2) is 29.2 Å². The fraction of sp³-hybridized carbons (Fsp3) is 0.647. The van der Waals surface area contributed by atoms with Gasteiger partial charge in [0.1, 0.15) is 0 Å². The summed E-state index contributed by atoms with van der Waals surface area (Å²) < 4.78 is 0. The van der Waals surface area contributed by atoms with E-state index >= 15 is 0 Å². The number of nitrogens with one attached hydrogen (secondary N) is 1. The summed E-state index contributed by atoms with van der Waals surface area (Å²) in [5, 5.41) is 4.54. The van der Waals surface area contributed by atoms with Crippen LogP contribution in [0.4, 0.5) is 0 Å². The van der Waals surface area contributed by atoms with Crippen molar-refractivity contribution in [1.29, 1.82) is 0 Å². The number of hydrogen-bond donors (Lipinski definition) is 1. The molecule has 19 heavy (non-hydrogen) atoms. The minimum Gasteiger partial charge on any atom is -0.314 e. The molecule has 0 amide bonds. The van der Waals surface area contributed by atoms with Crippen molar-refractivity contribution in [1.82, 2.24) is 5.32 Å². The summed E-state index contributed by atoms with van der Waals surface area (Å²) in [5.74, 6) is 0.959. The topological polar surface area (TPSA) is 12.0 Å². The highest BCUT2D eigenvalue weighted by Crippen LogP contribution is 2.42. The van der Waals surface area contributed by atoms with Gasteiger partial charge >= 0.3 is 0 Å². The monoisotopic (exact) mass is 275 g/mol. The molecule has 1 saturated carbocycles. The summed E-state index contributed by atoms with van der Waals surface area (Å²) in [6.45, 7) is 3.45. The van der Waals surface area contributed by atoms with Crippen LogP contribution in [-0.2, 0) is 6.42 Å². The van der Waals surface area contributed by atoms with Crippen LogP contribution in [0.25, 0.3) is 0 Å². The molecule has 1 aliphatic carbocycles. The van der Waals surface area contributed by atoms with Crippen LogP contribution in [-0.4, -0.2) is 17.8 Å². The summed E-state index contributed by atoms with van der Waals surface area (Å²) in [6.07, 6.45) is 8.22. The summed E-state index contributed by atoms with van der Waals surface area (Å²) in [6, 6.07) is 9.76. The molecule has 0 radical (unpaired) electrons.